The van der Waals surface area contributed by atoms with Gasteiger partial charge in [-0.25, -0.2) is 0 Å². The van der Waals surface area contributed by atoms with E-state index in [1.807, 2.05) is 12.1 Å². The molecule has 0 heterocycles. The monoisotopic (exact) mass is 289 g/mol. The molecule has 3 nitrogen and oxygen atoms in total. The minimum atomic E-state index is -0.656. The molecule has 21 heavy (non-hydrogen) atoms. The number of aliphatic carboxylic acids is 1. The highest BCUT2D eigenvalue weighted by Crippen LogP contribution is 2.39. The van der Waals surface area contributed by atoms with Crippen molar-refractivity contribution in [1.29, 1.82) is 0 Å². The predicted octanol–water partition coefficient (Wildman–Crippen LogP) is 3.51. The summed E-state index contributed by atoms with van der Waals surface area (Å²) in [6.07, 6.45) is 5.73. The van der Waals surface area contributed by atoms with Crippen LogP contribution in [0.3, 0.4) is 0 Å². The van der Waals surface area contributed by atoms with Gasteiger partial charge in [0.05, 0.1) is 5.41 Å². The standard InChI is InChI=1S/C18H27NO2/c1-14(2)19-13-10-15-6-8-16(9-7-15)18(17(20)21)11-4-3-5-12-18/h6-9,14,19H,3-5,10-13H2,1-2H3,(H,20,21). The zero-order chi connectivity index (χ0) is 15.3. The van der Waals surface area contributed by atoms with Crippen LogP contribution in [0.15, 0.2) is 24.3 Å². The molecule has 0 aliphatic heterocycles. The first-order valence-corrected chi connectivity index (χ1v) is 8.11. The molecule has 1 fully saturated rings. The van der Waals surface area contributed by atoms with Gasteiger partial charge in [-0.15, -0.1) is 0 Å². The summed E-state index contributed by atoms with van der Waals surface area (Å²) in [7, 11) is 0. The van der Waals surface area contributed by atoms with E-state index in [1.165, 1.54) is 5.56 Å². The van der Waals surface area contributed by atoms with Crippen molar-refractivity contribution in [3.05, 3.63) is 35.4 Å². The average Bonchev–Trinajstić information content (AvgIpc) is 2.48. The smallest absolute Gasteiger partial charge is 0.314 e. The van der Waals surface area contributed by atoms with Crippen LogP contribution in [-0.2, 0) is 16.6 Å². The van der Waals surface area contributed by atoms with Crippen LogP contribution < -0.4 is 5.32 Å². The Morgan fingerprint density at radius 2 is 1.81 bits per heavy atom. The van der Waals surface area contributed by atoms with E-state index in [2.05, 4.69) is 31.3 Å². The van der Waals surface area contributed by atoms with Crippen LogP contribution in [0.5, 0.6) is 0 Å². The highest BCUT2D eigenvalue weighted by molar-refractivity contribution is 5.81. The third-order valence-corrected chi connectivity index (χ3v) is 4.59. The van der Waals surface area contributed by atoms with Crippen LogP contribution in [-0.4, -0.2) is 23.7 Å². The molecule has 1 aliphatic rings. The van der Waals surface area contributed by atoms with Gasteiger partial charge in [-0.1, -0.05) is 57.4 Å². The summed E-state index contributed by atoms with van der Waals surface area (Å²) >= 11 is 0. The topological polar surface area (TPSA) is 49.3 Å². The van der Waals surface area contributed by atoms with Crippen LogP contribution in [0.1, 0.15) is 57.1 Å². The van der Waals surface area contributed by atoms with Crippen molar-refractivity contribution in [2.75, 3.05) is 6.54 Å². The van der Waals surface area contributed by atoms with Gasteiger partial charge in [-0.05, 0) is 36.9 Å². The van der Waals surface area contributed by atoms with Crippen LogP contribution in [0.4, 0.5) is 0 Å². The van der Waals surface area contributed by atoms with Gasteiger partial charge in [0, 0.05) is 6.04 Å². The summed E-state index contributed by atoms with van der Waals surface area (Å²) in [4.78, 5) is 11.8. The Hall–Kier alpha value is -1.35. The van der Waals surface area contributed by atoms with E-state index in [-0.39, 0.29) is 0 Å². The molecule has 0 spiro atoms. The van der Waals surface area contributed by atoms with E-state index < -0.39 is 11.4 Å². The largest absolute Gasteiger partial charge is 0.481 e. The van der Waals surface area contributed by atoms with Gasteiger partial charge in [0.25, 0.3) is 0 Å². The van der Waals surface area contributed by atoms with Crippen molar-refractivity contribution in [3.63, 3.8) is 0 Å². The van der Waals surface area contributed by atoms with E-state index in [9.17, 15) is 9.90 Å². The number of hydrogen-bond acceptors (Lipinski definition) is 2. The molecule has 0 radical (unpaired) electrons. The average molecular weight is 289 g/mol. The molecule has 0 saturated heterocycles. The molecule has 0 aromatic heterocycles. The highest BCUT2D eigenvalue weighted by atomic mass is 16.4. The third kappa shape index (κ3) is 3.85. The molecule has 2 N–H and O–H groups in total. The number of carboxylic acids is 1. The minimum absolute atomic E-state index is 0.502. The van der Waals surface area contributed by atoms with E-state index in [4.69, 9.17) is 0 Å². The van der Waals surface area contributed by atoms with Crippen molar-refractivity contribution in [1.82, 2.24) is 5.32 Å². The maximum atomic E-state index is 11.8. The molecule has 2 rings (SSSR count). The van der Waals surface area contributed by atoms with Crippen molar-refractivity contribution < 1.29 is 9.90 Å². The fraction of sp³-hybridized carbons (Fsp3) is 0.611. The normalized spacial score (nSPS) is 17.9. The Labute approximate surface area is 127 Å². The Balaban J connectivity index is 2.07. The van der Waals surface area contributed by atoms with Crippen molar-refractivity contribution >= 4 is 5.97 Å². The van der Waals surface area contributed by atoms with E-state index in [0.717, 1.165) is 50.6 Å². The Bertz CT molecular complexity index is 459. The Morgan fingerprint density at radius 1 is 1.19 bits per heavy atom. The highest BCUT2D eigenvalue weighted by Gasteiger charge is 2.41. The summed E-state index contributed by atoms with van der Waals surface area (Å²) in [5.41, 5.74) is 1.60. The number of benzene rings is 1. The molecular formula is C18H27NO2. The summed E-state index contributed by atoms with van der Waals surface area (Å²) < 4.78 is 0. The van der Waals surface area contributed by atoms with Gasteiger partial charge in [0.1, 0.15) is 0 Å². The molecule has 1 aromatic rings. The summed E-state index contributed by atoms with van der Waals surface area (Å²) in [6.45, 7) is 5.24. The first kappa shape index (κ1) is 16.0. The van der Waals surface area contributed by atoms with Gasteiger partial charge >= 0.3 is 5.97 Å². The van der Waals surface area contributed by atoms with Gasteiger partial charge < -0.3 is 10.4 Å². The first-order chi connectivity index (χ1) is 10.0. The number of hydrogen-bond donors (Lipinski definition) is 2. The molecule has 0 atom stereocenters. The lowest BCUT2D eigenvalue weighted by molar-refractivity contribution is -0.145. The van der Waals surface area contributed by atoms with Crippen LogP contribution in [0.25, 0.3) is 0 Å². The molecule has 0 unspecified atom stereocenters. The van der Waals surface area contributed by atoms with E-state index in [0.29, 0.717) is 6.04 Å². The maximum absolute atomic E-state index is 11.8. The van der Waals surface area contributed by atoms with Gasteiger partial charge in [0.2, 0.25) is 0 Å². The maximum Gasteiger partial charge on any atom is 0.314 e. The van der Waals surface area contributed by atoms with Crippen LogP contribution in [0.2, 0.25) is 0 Å². The summed E-state index contributed by atoms with van der Waals surface area (Å²) in [6, 6.07) is 8.75. The lowest BCUT2D eigenvalue weighted by atomic mass is 9.69. The molecule has 1 aromatic carbocycles. The Morgan fingerprint density at radius 3 is 2.33 bits per heavy atom. The van der Waals surface area contributed by atoms with E-state index >= 15 is 0 Å². The third-order valence-electron chi connectivity index (χ3n) is 4.59. The van der Waals surface area contributed by atoms with E-state index in [1.54, 1.807) is 0 Å². The number of carboxylic acid groups (broad SMARTS) is 1. The first-order valence-electron chi connectivity index (χ1n) is 8.11. The van der Waals surface area contributed by atoms with Gasteiger partial charge in [0.15, 0.2) is 0 Å². The van der Waals surface area contributed by atoms with Crippen molar-refractivity contribution in [2.45, 2.75) is 63.8 Å². The zero-order valence-corrected chi connectivity index (χ0v) is 13.2. The van der Waals surface area contributed by atoms with Gasteiger partial charge in [-0.2, -0.15) is 0 Å². The number of rotatable bonds is 6. The minimum Gasteiger partial charge on any atom is -0.481 e. The lowest BCUT2D eigenvalue weighted by Crippen LogP contribution is -2.37. The molecule has 1 saturated carbocycles. The Kier molecular flexibility index (Phi) is 5.40. The fourth-order valence-electron chi connectivity index (χ4n) is 3.28. The summed E-state index contributed by atoms with van der Waals surface area (Å²) in [5, 5.41) is 13.1. The van der Waals surface area contributed by atoms with Crippen molar-refractivity contribution in [2.24, 2.45) is 0 Å². The van der Waals surface area contributed by atoms with Crippen LogP contribution in [0, 0.1) is 0 Å². The molecular weight excluding hydrogens is 262 g/mol. The molecule has 0 bridgehead atoms. The SMILES string of the molecule is CC(C)NCCc1ccc(C2(C(=O)O)CCCCC2)cc1. The molecule has 1 aliphatic carbocycles. The van der Waals surface area contributed by atoms with Gasteiger partial charge in [-0.3, -0.25) is 4.79 Å². The quantitative estimate of drug-likeness (QED) is 0.842. The molecule has 116 valence electrons. The second-order valence-corrected chi connectivity index (χ2v) is 6.50. The molecule has 3 heteroatoms. The second-order valence-electron chi connectivity index (χ2n) is 6.50. The lowest BCUT2D eigenvalue weighted by Gasteiger charge is -2.33. The predicted molar refractivity (Wildman–Crippen MR) is 85.7 cm³/mol. The number of nitrogens with one attached hydrogen (secondary N) is 1. The van der Waals surface area contributed by atoms with Crippen molar-refractivity contribution in [3.8, 4) is 0 Å². The zero-order valence-electron chi connectivity index (χ0n) is 13.2. The van der Waals surface area contributed by atoms with Crippen LogP contribution >= 0.6 is 0 Å². The summed E-state index contributed by atoms with van der Waals surface area (Å²) in [5.74, 6) is -0.656. The second kappa shape index (κ2) is 7.08. The number of carbonyl (C=O) groups is 1. The molecule has 0 amide bonds. The fourth-order valence-corrected chi connectivity index (χ4v) is 3.28.